The summed E-state index contributed by atoms with van der Waals surface area (Å²) in [6.45, 7) is 2.04. The number of hydrogen-bond donors (Lipinski definition) is 1. The van der Waals surface area contributed by atoms with Crippen molar-refractivity contribution in [3.05, 3.63) is 51.8 Å². The fraction of sp³-hybridized carbons (Fsp3) is 0.471. The van der Waals surface area contributed by atoms with Crippen LogP contribution in [-0.2, 0) is 19.9 Å². The fourth-order valence-corrected chi connectivity index (χ4v) is 3.18. The number of likely N-dealkylation sites (N-methyl/N-ethyl adjacent to an activating group) is 1. The summed E-state index contributed by atoms with van der Waals surface area (Å²) in [5.41, 5.74) is 3.75. The van der Waals surface area contributed by atoms with Crippen LogP contribution in [0.15, 0.2) is 34.8 Å². The second kappa shape index (κ2) is 7.76. The molecule has 2 aromatic rings. The fourth-order valence-electron chi connectivity index (χ4n) is 2.68. The summed E-state index contributed by atoms with van der Waals surface area (Å²) in [6, 6.07) is 11.2. The van der Waals surface area contributed by atoms with Crippen LogP contribution in [0.25, 0.3) is 0 Å². The number of nitrogens with one attached hydrogen (secondary N) is 1. The minimum absolute atomic E-state index is 0.486. The Morgan fingerprint density at radius 2 is 2.00 bits per heavy atom. The molecular weight excluding hydrogens is 326 g/mol. The summed E-state index contributed by atoms with van der Waals surface area (Å²) in [6.07, 6.45) is 4.51. The van der Waals surface area contributed by atoms with Gasteiger partial charge in [-0.2, -0.15) is 5.10 Å². The summed E-state index contributed by atoms with van der Waals surface area (Å²) in [7, 11) is 4.06. The molecule has 0 spiro atoms. The van der Waals surface area contributed by atoms with E-state index in [1.807, 2.05) is 25.7 Å². The van der Waals surface area contributed by atoms with Gasteiger partial charge in [-0.15, -0.1) is 0 Å². The van der Waals surface area contributed by atoms with E-state index in [0.717, 1.165) is 23.0 Å². The van der Waals surface area contributed by atoms with E-state index >= 15 is 0 Å². The largest absolute Gasteiger partial charge is 0.317 e. The average molecular weight is 350 g/mol. The van der Waals surface area contributed by atoms with E-state index in [2.05, 4.69) is 56.7 Å². The van der Waals surface area contributed by atoms with Gasteiger partial charge < -0.3 is 5.32 Å². The van der Waals surface area contributed by atoms with E-state index in [1.54, 1.807) is 0 Å². The van der Waals surface area contributed by atoms with Gasteiger partial charge in [0.2, 0.25) is 0 Å². The molecule has 0 aliphatic carbocycles. The van der Waals surface area contributed by atoms with Gasteiger partial charge in [-0.25, -0.2) is 0 Å². The Morgan fingerprint density at radius 1 is 1.29 bits per heavy atom. The molecule has 0 bridgehead atoms. The maximum absolute atomic E-state index is 4.47. The van der Waals surface area contributed by atoms with E-state index < -0.39 is 0 Å². The number of nitrogens with zero attached hydrogens (tertiary/aromatic N) is 2. The molecule has 2 rings (SSSR count). The van der Waals surface area contributed by atoms with Crippen molar-refractivity contribution in [1.82, 2.24) is 15.1 Å². The van der Waals surface area contributed by atoms with E-state index in [0.29, 0.717) is 6.04 Å². The standard InChI is InChI=1S/C17H24BrN3/c1-13-17(18)16(21(3)20-13)12-15(19-2)11-7-10-14-8-5-4-6-9-14/h4-6,8-9,15,19H,7,10-12H2,1-3H3. The molecule has 1 aromatic heterocycles. The minimum atomic E-state index is 0.486. The maximum Gasteiger partial charge on any atom is 0.0738 e. The van der Waals surface area contributed by atoms with E-state index in [4.69, 9.17) is 0 Å². The Hall–Kier alpha value is -1.13. The smallest absolute Gasteiger partial charge is 0.0738 e. The maximum atomic E-state index is 4.47. The lowest BCUT2D eigenvalue weighted by Crippen LogP contribution is -2.28. The first-order valence-corrected chi connectivity index (χ1v) is 8.30. The van der Waals surface area contributed by atoms with Gasteiger partial charge in [-0.1, -0.05) is 30.3 Å². The molecule has 0 aliphatic heterocycles. The van der Waals surface area contributed by atoms with Gasteiger partial charge in [-0.05, 0) is 54.7 Å². The SMILES string of the molecule is CNC(CCCc1ccccc1)Cc1c(Br)c(C)nn1C. The summed E-state index contributed by atoms with van der Waals surface area (Å²) in [4.78, 5) is 0. The molecule has 1 atom stereocenters. The zero-order valence-electron chi connectivity index (χ0n) is 13.1. The zero-order valence-corrected chi connectivity index (χ0v) is 14.7. The Balaban J connectivity index is 1.88. The minimum Gasteiger partial charge on any atom is -0.317 e. The average Bonchev–Trinajstić information content (AvgIpc) is 2.73. The van der Waals surface area contributed by atoms with Crippen LogP contribution in [0.2, 0.25) is 0 Å². The molecule has 0 aliphatic rings. The Morgan fingerprint density at radius 3 is 2.57 bits per heavy atom. The van der Waals surface area contributed by atoms with Crippen LogP contribution in [0.1, 0.15) is 29.8 Å². The van der Waals surface area contributed by atoms with Crippen LogP contribution < -0.4 is 5.32 Å². The van der Waals surface area contributed by atoms with Crippen LogP contribution in [0.5, 0.6) is 0 Å². The summed E-state index contributed by atoms with van der Waals surface area (Å²) >= 11 is 3.65. The summed E-state index contributed by atoms with van der Waals surface area (Å²) < 4.78 is 3.13. The molecule has 0 fully saturated rings. The van der Waals surface area contributed by atoms with Gasteiger partial charge in [0.15, 0.2) is 0 Å². The Labute approximate surface area is 135 Å². The van der Waals surface area contributed by atoms with Crippen molar-refractivity contribution in [1.29, 1.82) is 0 Å². The monoisotopic (exact) mass is 349 g/mol. The predicted molar refractivity (Wildman–Crippen MR) is 91.6 cm³/mol. The molecule has 3 nitrogen and oxygen atoms in total. The van der Waals surface area contributed by atoms with Crippen molar-refractivity contribution >= 4 is 15.9 Å². The molecule has 0 radical (unpaired) electrons. The third-order valence-electron chi connectivity index (χ3n) is 3.97. The number of hydrogen-bond acceptors (Lipinski definition) is 2. The predicted octanol–water partition coefficient (Wildman–Crippen LogP) is 3.64. The second-order valence-electron chi connectivity index (χ2n) is 5.54. The Kier molecular flexibility index (Phi) is 6.00. The highest BCUT2D eigenvalue weighted by Crippen LogP contribution is 2.22. The van der Waals surface area contributed by atoms with Gasteiger partial charge in [-0.3, -0.25) is 4.68 Å². The van der Waals surface area contributed by atoms with Crippen molar-refractivity contribution in [3.63, 3.8) is 0 Å². The highest BCUT2D eigenvalue weighted by atomic mass is 79.9. The van der Waals surface area contributed by atoms with Crippen molar-refractivity contribution in [3.8, 4) is 0 Å². The first-order chi connectivity index (χ1) is 10.1. The van der Waals surface area contributed by atoms with Gasteiger partial charge in [0.25, 0.3) is 0 Å². The number of halogens is 1. The first kappa shape index (κ1) is 16.2. The highest BCUT2D eigenvalue weighted by Gasteiger charge is 2.15. The van der Waals surface area contributed by atoms with E-state index in [1.165, 1.54) is 24.1 Å². The highest BCUT2D eigenvalue weighted by molar-refractivity contribution is 9.10. The van der Waals surface area contributed by atoms with Crippen molar-refractivity contribution < 1.29 is 0 Å². The van der Waals surface area contributed by atoms with Crippen LogP contribution in [0.3, 0.4) is 0 Å². The third-order valence-corrected chi connectivity index (χ3v) is 5.00. The van der Waals surface area contributed by atoms with Crippen molar-refractivity contribution in [2.75, 3.05) is 7.05 Å². The van der Waals surface area contributed by atoms with Crippen molar-refractivity contribution in [2.24, 2.45) is 7.05 Å². The normalized spacial score (nSPS) is 12.6. The number of rotatable bonds is 7. The summed E-state index contributed by atoms with van der Waals surface area (Å²) in [5.74, 6) is 0. The molecule has 1 N–H and O–H groups in total. The molecule has 4 heteroatoms. The molecule has 1 unspecified atom stereocenters. The second-order valence-corrected chi connectivity index (χ2v) is 6.33. The van der Waals surface area contributed by atoms with Crippen LogP contribution in [0.4, 0.5) is 0 Å². The van der Waals surface area contributed by atoms with Gasteiger partial charge in [0, 0.05) is 19.5 Å². The van der Waals surface area contributed by atoms with Gasteiger partial charge in [0.1, 0.15) is 0 Å². The Bertz CT molecular complexity index is 563. The quantitative estimate of drug-likeness (QED) is 0.826. The number of aryl methyl sites for hydroxylation is 3. The van der Waals surface area contributed by atoms with Crippen LogP contribution >= 0.6 is 15.9 Å². The zero-order chi connectivity index (χ0) is 15.2. The lowest BCUT2D eigenvalue weighted by Gasteiger charge is -2.16. The third kappa shape index (κ3) is 4.42. The lowest BCUT2D eigenvalue weighted by molar-refractivity contribution is 0.487. The molecule has 1 aromatic carbocycles. The number of aromatic nitrogens is 2. The molecule has 1 heterocycles. The molecule has 114 valence electrons. The van der Waals surface area contributed by atoms with E-state index in [9.17, 15) is 0 Å². The molecular formula is C17H24BrN3. The lowest BCUT2D eigenvalue weighted by atomic mass is 10.0. The molecule has 0 saturated carbocycles. The number of benzene rings is 1. The first-order valence-electron chi connectivity index (χ1n) is 7.51. The van der Waals surface area contributed by atoms with Gasteiger partial charge in [0.05, 0.1) is 15.9 Å². The van der Waals surface area contributed by atoms with Crippen molar-refractivity contribution in [2.45, 2.75) is 38.6 Å². The topological polar surface area (TPSA) is 29.9 Å². The summed E-state index contributed by atoms with van der Waals surface area (Å²) in [5, 5.41) is 7.91. The molecule has 0 amide bonds. The molecule has 0 saturated heterocycles. The van der Waals surface area contributed by atoms with E-state index in [-0.39, 0.29) is 0 Å². The van der Waals surface area contributed by atoms with Crippen LogP contribution in [0, 0.1) is 6.92 Å². The van der Waals surface area contributed by atoms with Crippen LogP contribution in [-0.4, -0.2) is 22.9 Å². The van der Waals surface area contributed by atoms with Gasteiger partial charge >= 0.3 is 0 Å². The molecule has 21 heavy (non-hydrogen) atoms.